The van der Waals surface area contributed by atoms with Crippen LogP contribution in [0.1, 0.15) is 41.7 Å². The summed E-state index contributed by atoms with van der Waals surface area (Å²) in [5, 5.41) is 3.08. The zero-order valence-corrected chi connectivity index (χ0v) is 17.9. The zero-order chi connectivity index (χ0) is 22.9. The minimum atomic E-state index is -4.49. The molecular weight excluding hydrogens is 421 g/mol. The van der Waals surface area contributed by atoms with Gasteiger partial charge in [-0.1, -0.05) is 18.2 Å². The second-order valence-corrected chi connectivity index (χ2v) is 8.03. The Morgan fingerprint density at radius 2 is 1.84 bits per heavy atom. The molecule has 1 amide bonds. The van der Waals surface area contributed by atoms with Crippen LogP contribution in [0.5, 0.6) is 5.75 Å². The van der Waals surface area contributed by atoms with Crippen molar-refractivity contribution in [2.45, 2.75) is 43.9 Å². The smallest absolute Gasteiger partial charge is 0.434 e. The number of hydrogen-bond donors (Lipinski definition) is 1. The molecule has 1 aliphatic carbocycles. The maximum Gasteiger partial charge on any atom is 0.434 e. The zero-order valence-electron chi connectivity index (χ0n) is 17.9. The maximum absolute atomic E-state index is 13.1. The number of hydrogen-bond acceptors (Lipinski definition) is 4. The molecule has 0 spiro atoms. The minimum absolute atomic E-state index is 0.0398. The second kappa shape index (κ2) is 8.72. The van der Waals surface area contributed by atoms with E-state index in [1.54, 1.807) is 36.4 Å². The van der Waals surface area contributed by atoms with Crippen molar-refractivity contribution in [1.82, 2.24) is 14.7 Å². The molecule has 6 nitrogen and oxygen atoms in total. The fourth-order valence-electron chi connectivity index (χ4n) is 4.31. The molecule has 0 bridgehead atoms. The molecule has 1 N–H and O–H groups in total. The highest BCUT2D eigenvalue weighted by Gasteiger charge is 2.34. The first-order valence-electron chi connectivity index (χ1n) is 10.5. The number of carbonyl (C=O) groups is 1. The summed E-state index contributed by atoms with van der Waals surface area (Å²) in [6.07, 6.45) is -0.262. The van der Waals surface area contributed by atoms with Gasteiger partial charge in [0.2, 0.25) is 0 Å². The Bertz CT molecular complexity index is 1100. The fraction of sp³-hybridized carbons (Fsp3) is 0.391. The first kappa shape index (κ1) is 22.0. The molecule has 32 heavy (non-hydrogen) atoms. The molecule has 3 aromatic rings. The first-order chi connectivity index (χ1) is 15.3. The van der Waals surface area contributed by atoms with E-state index < -0.39 is 11.9 Å². The number of aromatic nitrogens is 2. The van der Waals surface area contributed by atoms with Gasteiger partial charge in [0.15, 0.2) is 5.69 Å². The van der Waals surface area contributed by atoms with Crippen molar-refractivity contribution < 1.29 is 22.7 Å². The highest BCUT2D eigenvalue weighted by Crippen LogP contribution is 2.32. The van der Waals surface area contributed by atoms with Gasteiger partial charge in [-0.25, -0.2) is 4.98 Å². The molecule has 0 aliphatic heterocycles. The number of benzene rings is 1. The molecule has 1 fully saturated rings. The van der Waals surface area contributed by atoms with Crippen LogP contribution < -0.4 is 15.0 Å². The van der Waals surface area contributed by atoms with Crippen molar-refractivity contribution in [2.24, 2.45) is 0 Å². The van der Waals surface area contributed by atoms with Crippen molar-refractivity contribution in [3.05, 3.63) is 59.9 Å². The summed E-state index contributed by atoms with van der Waals surface area (Å²) in [7, 11) is 3.42. The highest BCUT2D eigenvalue weighted by atomic mass is 19.4. The number of nitrogens with one attached hydrogen (secondary N) is 1. The predicted octanol–water partition coefficient (Wildman–Crippen LogP) is 4.54. The highest BCUT2D eigenvalue weighted by molar-refractivity contribution is 5.97. The molecule has 1 aliphatic rings. The topological polar surface area (TPSA) is 58.9 Å². The van der Waals surface area contributed by atoms with Crippen molar-refractivity contribution in [3.8, 4) is 5.75 Å². The van der Waals surface area contributed by atoms with Gasteiger partial charge in [-0.3, -0.25) is 9.20 Å². The summed E-state index contributed by atoms with van der Waals surface area (Å²) >= 11 is 0. The van der Waals surface area contributed by atoms with Crippen LogP contribution in [0.4, 0.5) is 19.0 Å². The summed E-state index contributed by atoms with van der Waals surface area (Å²) in [6.45, 7) is 0. The lowest BCUT2D eigenvalue weighted by molar-refractivity contribution is -0.140. The van der Waals surface area contributed by atoms with E-state index in [0.29, 0.717) is 17.1 Å². The monoisotopic (exact) mass is 446 g/mol. The fourth-order valence-corrected chi connectivity index (χ4v) is 4.31. The number of nitrogens with zero attached hydrogens (tertiary/aromatic N) is 3. The quantitative estimate of drug-likeness (QED) is 0.625. The third kappa shape index (κ3) is 4.37. The van der Waals surface area contributed by atoms with Crippen molar-refractivity contribution >= 4 is 17.4 Å². The normalized spacial score (nSPS) is 19.0. The number of anilines is 1. The van der Waals surface area contributed by atoms with E-state index in [0.717, 1.165) is 31.9 Å². The van der Waals surface area contributed by atoms with Gasteiger partial charge < -0.3 is 15.0 Å². The van der Waals surface area contributed by atoms with Gasteiger partial charge >= 0.3 is 6.18 Å². The summed E-state index contributed by atoms with van der Waals surface area (Å²) in [4.78, 5) is 18.4. The van der Waals surface area contributed by atoms with Gasteiger partial charge in [0, 0.05) is 25.3 Å². The molecule has 0 saturated heterocycles. The summed E-state index contributed by atoms with van der Waals surface area (Å²) in [5.41, 5.74) is -0.137. The number of pyridine rings is 1. The Kier molecular flexibility index (Phi) is 5.99. The van der Waals surface area contributed by atoms with Crippen LogP contribution in [-0.4, -0.2) is 41.5 Å². The molecule has 1 saturated carbocycles. The van der Waals surface area contributed by atoms with Crippen LogP contribution in [-0.2, 0) is 6.18 Å². The Morgan fingerprint density at radius 1 is 1.12 bits per heavy atom. The van der Waals surface area contributed by atoms with Crippen LogP contribution in [0.2, 0.25) is 0 Å². The van der Waals surface area contributed by atoms with Crippen LogP contribution in [0.3, 0.4) is 0 Å². The third-order valence-electron chi connectivity index (χ3n) is 6.05. The first-order valence-corrected chi connectivity index (χ1v) is 10.5. The summed E-state index contributed by atoms with van der Waals surface area (Å²) < 4.78 is 46.0. The van der Waals surface area contributed by atoms with Crippen molar-refractivity contribution in [2.75, 3.05) is 19.1 Å². The second-order valence-electron chi connectivity index (χ2n) is 8.03. The lowest BCUT2D eigenvalue weighted by atomic mass is 9.90. The third-order valence-corrected chi connectivity index (χ3v) is 6.05. The van der Waals surface area contributed by atoms with E-state index in [1.165, 1.54) is 11.5 Å². The number of carbonyl (C=O) groups excluding carboxylic acids is 1. The molecule has 170 valence electrons. The number of imidazole rings is 1. The van der Waals surface area contributed by atoms with Crippen LogP contribution in [0, 0.1) is 0 Å². The van der Waals surface area contributed by atoms with Gasteiger partial charge in [-0.15, -0.1) is 0 Å². The molecule has 2 heterocycles. The van der Waals surface area contributed by atoms with Gasteiger partial charge in [0.05, 0.1) is 12.7 Å². The Morgan fingerprint density at radius 3 is 2.53 bits per heavy atom. The Balaban J connectivity index is 1.42. The number of amides is 1. The van der Waals surface area contributed by atoms with Gasteiger partial charge in [-0.2, -0.15) is 13.2 Å². The average molecular weight is 446 g/mol. The SMILES string of the molecule is COc1ccccc1C(=O)N[C@H]1CC[C@@H](N(C)c2cccc3nc(C(F)(F)F)cn23)CC1. The molecule has 0 atom stereocenters. The number of methoxy groups -OCH3 is 1. The van der Waals surface area contributed by atoms with E-state index in [1.807, 2.05) is 18.0 Å². The Hall–Kier alpha value is -3.23. The minimum Gasteiger partial charge on any atom is -0.496 e. The molecular formula is C23H25F3N4O2. The number of rotatable bonds is 5. The molecule has 0 radical (unpaired) electrons. The number of halogens is 3. The van der Waals surface area contributed by atoms with Crippen molar-refractivity contribution in [3.63, 3.8) is 0 Å². The van der Waals surface area contributed by atoms with Crippen LogP contribution in [0.25, 0.3) is 5.65 Å². The summed E-state index contributed by atoms with van der Waals surface area (Å²) in [5.74, 6) is 1.03. The van der Waals surface area contributed by atoms with E-state index in [2.05, 4.69) is 10.3 Å². The largest absolute Gasteiger partial charge is 0.496 e. The molecule has 4 rings (SSSR count). The van der Waals surface area contributed by atoms with Crippen LogP contribution in [0.15, 0.2) is 48.7 Å². The number of alkyl halides is 3. The van der Waals surface area contributed by atoms with Gasteiger partial charge in [-0.05, 0) is 49.9 Å². The van der Waals surface area contributed by atoms with E-state index in [-0.39, 0.29) is 23.6 Å². The maximum atomic E-state index is 13.1. The molecule has 2 aromatic heterocycles. The van der Waals surface area contributed by atoms with E-state index in [4.69, 9.17) is 4.74 Å². The van der Waals surface area contributed by atoms with Gasteiger partial charge in [0.25, 0.3) is 5.91 Å². The van der Waals surface area contributed by atoms with Crippen molar-refractivity contribution in [1.29, 1.82) is 0 Å². The molecule has 1 aromatic carbocycles. The average Bonchev–Trinajstić information content (AvgIpc) is 3.24. The number of ether oxygens (including phenoxy) is 1. The lowest BCUT2D eigenvalue weighted by Crippen LogP contribution is -2.43. The standard InChI is InChI=1S/C23H25F3N4O2/c1-29(21-9-5-8-20-28-19(14-30(20)21)23(24,25)26)16-12-10-15(11-13-16)27-22(31)17-6-3-4-7-18(17)32-2/h3-9,14-16H,10-13H2,1-2H3,(H,27,31)/t15-,16+. The van der Waals surface area contributed by atoms with Crippen LogP contribution >= 0.6 is 0 Å². The van der Waals surface area contributed by atoms with Gasteiger partial charge in [0.1, 0.15) is 17.2 Å². The summed E-state index contributed by atoms with van der Waals surface area (Å²) in [6, 6.07) is 12.4. The van der Waals surface area contributed by atoms with E-state index >= 15 is 0 Å². The number of para-hydroxylation sites is 1. The number of fused-ring (bicyclic) bond motifs is 1. The molecule has 0 unspecified atom stereocenters. The lowest BCUT2D eigenvalue weighted by Gasteiger charge is -2.36. The molecule has 9 heteroatoms. The predicted molar refractivity (Wildman–Crippen MR) is 115 cm³/mol. The van der Waals surface area contributed by atoms with E-state index in [9.17, 15) is 18.0 Å². The Labute approximate surface area is 184 Å².